The van der Waals surface area contributed by atoms with Gasteiger partial charge in [-0.2, -0.15) is 0 Å². The molecule has 16 heavy (non-hydrogen) atoms. The van der Waals surface area contributed by atoms with Crippen molar-refractivity contribution in [2.75, 3.05) is 6.61 Å². The first-order chi connectivity index (χ1) is 7.74. The Bertz CT molecular complexity index is 474. The highest BCUT2D eigenvalue weighted by Crippen LogP contribution is 2.20. The Morgan fingerprint density at radius 2 is 1.94 bits per heavy atom. The standard InChI is InChI=1S/C13H16N2O/c1-10-12(8-9-16)14-13(15(10)2)11-6-4-3-5-7-11/h3-7,16H,8-9H2,1-2H3. The largest absolute Gasteiger partial charge is 0.396 e. The fraction of sp³-hybridized carbons (Fsp3) is 0.308. The zero-order valence-corrected chi connectivity index (χ0v) is 9.64. The smallest absolute Gasteiger partial charge is 0.140 e. The van der Waals surface area contributed by atoms with Gasteiger partial charge in [-0.05, 0) is 6.92 Å². The Hall–Kier alpha value is -1.61. The monoisotopic (exact) mass is 216 g/mol. The zero-order chi connectivity index (χ0) is 11.5. The summed E-state index contributed by atoms with van der Waals surface area (Å²) in [6.45, 7) is 2.18. The third kappa shape index (κ3) is 1.86. The van der Waals surface area contributed by atoms with Gasteiger partial charge in [0.05, 0.1) is 5.69 Å². The molecule has 0 saturated heterocycles. The van der Waals surface area contributed by atoms with Gasteiger partial charge in [0.25, 0.3) is 0 Å². The zero-order valence-electron chi connectivity index (χ0n) is 9.64. The summed E-state index contributed by atoms with van der Waals surface area (Å²) < 4.78 is 2.07. The number of nitrogens with zero attached hydrogens (tertiary/aromatic N) is 2. The van der Waals surface area contributed by atoms with Crippen molar-refractivity contribution in [1.82, 2.24) is 9.55 Å². The van der Waals surface area contributed by atoms with Crippen LogP contribution in [0.4, 0.5) is 0 Å². The molecule has 1 N–H and O–H groups in total. The number of benzene rings is 1. The highest BCUT2D eigenvalue weighted by atomic mass is 16.3. The van der Waals surface area contributed by atoms with E-state index < -0.39 is 0 Å². The lowest BCUT2D eigenvalue weighted by Crippen LogP contribution is -1.96. The van der Waals surface area contributed by atoms with Crippen LogP contribution < -0.4 is 0 Å². The molecule has 1 heterocycles. The highest BCUT2D eigenvalue weighted by Gasteiger charge is 2.11. The van der Waals surface area contributed by atoms with Gasteiger partial charge in [0.1, 0.15) is 5.82 Å². The van der Waals surface area contributed by atoms with Crippen molar-refractivity contribution >= 4 is 0 Å². The minimum atomic E-state index is 0.145. The Kier molecular flexibility index (Phi) is 3.06. The minimum absolute atomic E-state index is 0.145. The average Bonchev–Trinajstić information content (AvgIpc) is 2.59. The number of aliphatic hydroxyl groups is 1. The Balaban J connectivity index is 2.46. The normalized spacial score (nSPS) is 10.7. The lowest BCUT2D eigenvalue weighted by molar-refractivity contribution is 0.298. The maximum absolute atomic E-state index is 8.97. The minimum Gasteiger partial charge on any atom is -0.396 e. The molecule has 1 aromatic heterocycles. The number of rotatable bonds is 3. The molecule has 0 aliphatic heterocycles. The summed E-state index contributed by atoms with van der Waals surface area (Å²) in [5, 5.41) is 8.97. The van der Waals surface area contributed by atoms with Crippen LogP contribution in [-0.2, 0) is 13.5 Å². The van der Waals surface area contributed by atoms with Crippen molar-refractivity contribution in [3.8, 4) is 11.4 Å². The molecular weight excluding hydrogens is 200 g/mol. The molecule has 84 valence electrons. The molecule has 0 aliphatic carbocycles. The van der Waals surface area contributed by atoms with Gasteiger partial charge in [0.2, 0.25) is 0 Å². The van der Waals surface area contributed by atoms with E-state index in [0.717, 1.165) is 22.8 Å². The van der Waals surface area contributed by atoms with Crippen LogP contribution in [0.3, 0.4) is 0 Å². The lowest BCUT2D eigenvalue weighted by atomic mass is 10.2. The number of imidazole rings is 1. The van der Waals surface area contributed by atoms with Crippen molar-refractivity contribution in [2.24, 2.45) is 7.05 Å². The second kappa shape index (κ2) is 4.49. The molecule has 0 spiro atoms. The first-order valence-electron chi connectivity index (χ1n) is 5.42. The van der Waals surface area contributed by atoms with Crippen molar-refractivity contribution in [1.29, 1.82) is 0 Å². The predicted octanol–water partition coefficient (Wildman–Crippen LogP) is 1.93. The van der Waals surface area contributed by atoms with Crippen LogP contribution in [0.5, 0.6) is 0 Å². The number of hydrogen-bond donors (Lipinski definition) is 1. The molecule has 2 aromatic rings. The van der Waals surface area contributed by atoms with Crippen molar-refractivity contribution in [3.05, 3.63) is 41.7 Å². The number of aliphatic hydroxyl groups excluding tert-OH is 1. The van der Waals surface area contributed by atoms with E-state index in [1.54, 1.807) is 0 Å². The molecule has 0 bridgehead atoms. The molecule has 0 fully saturated rings. The van der Waals surface area contributed by atoms with Crippen molar-refractivity contribution in [2.45, 2.75) is 13.3 Å². The van der Waals surface area contributed by atoms with Crippen LogP contribution in [0.2, 0.25) is 0 Å². The quantitative estimate of drug-likeness (QED) is 0.851. The van der Waals surface area contributed by atoms with Crippen molar-refractivity contribution in [3.63, 3.8) is 0 Å². The molecule has 0 amide bonds. The van der Waals surface area contributed by atoms with Crippen LogP contribution in [0.15, 0.2) is 30.3 Å². The summed E-state index contributed by atoms with van der Waals surface area (Å²) in [7, 11) is 2.01. The molecule has 3 nitrogen and oxygen atoms in total. The second-order valence-electron chi connectivity index (χ2n) is 3.87. The van der Waals surface area contributed by atoms with E-state index in [9.17, 15) is 0 Å². The van der Waals surface area contributed by atoms with Gasteiger partial charge in [0.15, 0.2) is 0 Å². The molecule has 0 radical (unpaired) electrons. The Morgan fingerprint density at radius 3 is 2.56 bits per heavy atom. The van der Waals surface area contributed by atoms with Gasteiger partial charge in [0, 0.05) is 31.3 Å². The van der Waals surface area contributed by atoms with Gasteiger partial charge in [-0.3, -0.25) is 0 Å². The molecule has 0 unspecified atom stereocenters. The first-order valence-corrected chi connectivity index (χ1v) is 5.42. The van der Waals surface area contributed by atoms with Gasteiger partial charge in [-0.1, -0.05) is 30.3 Å². The van der Waals surface area contributed by atoms with Gasteiger partial charge in [-0.15, -0.1) is 0 Å². The van der Waals surface area contributed by atoms with E-state index in [2.05, 4.69) is 9.55 Å². The van der Waals surface area contributed by atoms with E-state index in [4.69, 9.17) is 5.11 Å². The van der Waals surface area contributed by atoms with Crippen LogP contribution in [-0.4, -0.2) is 21.3 Å². The van der Waals surface area contributed by atoms with Crippen LogP contribution >= 0.6 is 0 Å². The molecule has 0 atom stereocenters. The SMILES string of the molecule is Cc1c(CCO)nc(-c2ccccc2)n1C. The molecular formula is C13H16N2O. The third-order valence-corrected chi connectivity index (χ3v) is 2.86. The van der Waals surface area contributed by atoms with Crippen LogP contribution in [0.25, 0.3) is 11.4 Å². The van der Waals surface area contributed by atoms with Gasteiger partial charge in [-0.25, -0.2) is 4.98 Å². The second-order valence-corrected chi connectivity index (χ2v) is 3.87. The molecule has 0 aliphatic rings. The van der Waals surface area contributed by atoms with Crippen LogP contribution in [0, 0.1) is 6.92 Å². The Morgan fingerprint density at radius 1 is 1.25 bits per heavy atom. The summed E-state index contributed by atoms with van der Waals surface area (Å²) in [5.74, 6) is 0.960. The van der Waals surface area contributed by atoms with E-state index in [1.165, 1.54) is 0 Å². The van der Waals surface area contributed by atoms with E-state index in [1.807, 2.05) is 44.3 Å². The maximum Gasteiger partial charge on any atom is 0.140 e. The maximum atomic E-state index is 8.97. The summed E-state index contributed by atoms with van der Waals surface area (Å²) >= 11 is 0. The summed E-state index contributed by atoms with van der Waals surface area (Å²) in [6.07, 6.45) is 0.618. The Labute approximate surface area is 95.4 Å². The highest BCUT2D eigenvalue weighted by molar-refractivity contribution is 5.56. The fourth-order valence-electron chi connectivity index (χ4n) is 1.82. The number of aromatic nitrogens is 2. The van der Waals surface area contributed by atoms with E-state index in [0.29, 0.717) is 6.42 Å². The number of hydrogen-bond acceptors (Lipinski definition) is 2. The van der Waals surface area contributed by atoms with E-state index in [-0.39, 0.29) is 6.61 Å². The van der Waals surface area contributed by atoms with Gasteiger partial charge < -0.3 is 9.67 Å². The summed E-state index contributed by atoms with van der Waals surface area (Å²) in [5.41, 5.74) is 3.20. The molecule has 2 rings (SSSR count). The summed E-state index contributed by atoms with van der Waals surface area (Å²) in [4.78, 5) is 4.57. The molecule has 3 heteroatoms. The van der Waals surface area contributed by atoms with E-state index >= 15 is 0 Å². The predicted molar refractivity (Wildman–Crippen MR) is 64.2 cm³/mol. The summed E-state index contributed by atoms with van der Waals surface area (Å²) in [6, 6.07) is 10.1. The topological polar surface area (TPSA) is 38.1 Å². The van der Waals surface area contributed by atoms with Gasteiger partial charge >= 0.3 is 0 Å². The molecule has 1 aromatic carbocycles. The first kappa shape index (κ1) is 10.9. The third-order valence-electron chi connectivity index (χ3n) is 2.86. The van der Waals surface area contributed by atoms with Crippen molar-refractivity contribution < 1.29 is 5.11 Å². The van der Waals surface area contributed by atoms with Crippen LogP contribution in [0.1, 0.15) is 11.4 Å². The molecule has 0 saturated carbocycles. The fourth-order valence-corrected chi connectivity index (χ4v) is 1.82. The average molecular weight is 216 g/mol. The lowest BCUT2D eigenvalue weighted by Gasteiger charge is -2.02.